The number of amides is 1. The largest absolute Gasteiger partial charge is 0.462 e. The Balaban J connectivity index is 2.01. The molecular weight excluding hydrogens is 330 g/mol. The fourth-order valence-electron chi connectivity index (χ4n) is 1.98. The van der Waals surface area contributed by atoms with Crippen molar-refractivity contribution in [3.63, 3.8) is 0 Å². The average Bonchev–Trinajstić information content (AvgIpc) is 2.56. The van der Waals surface area contributed by atoms with Crippen LogP contribution in [-0.2, 0) is 19.4 Å². The summed E-state index contributed by atoms with van der Waals surface area (Å²) in [6.45, 7) is 1.98. The molecule has 0 saturated heterocycles. The molecule has 1 amide bonds. The van der Waals surface area contributed by atoms with Crippen LogP contribution in [0.3, 0.4) is 0 Å². The third kappa shape index (κ3) is 4.66. The third-order valence-corrected chi connectivity index (χ3v) is 4.74. The van der Waals surface area contributed by atoms with Gasteiger partial charge >= 0.3 is 5.97 Å². The standard InChI is InChI=1S/C17H17NO5S/c1-2-23-17(20)13-8-10-14(11-9-13)18-16(19)12-24(21,22)15-6-4-3-5-7-15/h3-11H,2,12H2,1H3,(H,18,19). The number of anilines is 1. The number of rotatable bonds is 6. The highest BCUT2D eigenvalue weighted by Crippen LogP contribution is 2.13. The van der Waals surface area contributed by atoms with Gasteiger partial charge < -0.3 is 10.1 Å². The van der Waals surface area contributed by atoms with Crippen LogP contribution >= 0.6 is 0 Å². The summed E-state index contributed by atoms with van der Waals surface area (Å²) in [6, 6.07) is 13.8. The first-order valence-corrected chi connectivity index (χ1v) is 8.92. The van der Waals surface area contributed by atoms with Crippen LogP contribution in [0.5, 0.6) is 0 Å². The molecule has 0 aliphatic heterocycles. The summed E-state index contributed by atoms with van der Waals surface area (Å²) in [5.74, 6) is -1.76. The quantitative estimate of drug-likeness (QED) is 0.810. The van der Waals surface area contributed by atoms with Crippen LogP contribution in [0.1, 0.15) is 17.3 Å². The Hall–Kier alpha value is -2.67. The maximum absolute atomic E-state index is 12.1. The van der Waals surface area contributed by atoms with Gasteiger partial charge in [0.15, 0.2) is 9.84 Å². The van der Waals surface area contributed by atoms with Crippen LogP contribution in [0.25, 0.3) is 0 Å². The SMILES string of the molecule is CCOC(=O)c1ccc(NC(=O)CS(=O)(=O)c2ccccc2)cc1. The average molecular weight is 347 g/mol. The second kappa shape index (κ2) is 7.74. The van der Waals surface area contributed by atoms with Crippen molar-refractivity contribution < 1.29 is 22.7 Å². The lowest BCUT2D eigenvalue weighted by Crippen LogP contribution is -2.23. The number of carbonyl (C=O) groups is 2. The lowest BCUT2D eigenvalue weighted by molar-refractivity contribution is -0.113. The van der Waals surface area contributed by atoms with E-state index in [0.717, 1.165) is 0 Å². The molecule has 0 saturated carbocycles. The van der Waals surface area contributed by atoms with Crippen LogP contribution < -0.4 is 5.32 Å². The molecule has 0 aromatic heterocycles. The Kier molecular flexibility index (Phi) is 5.70. The molecule has 0 atom stereocenters. The van der Waals surface area contributed by atoms with Crippen LogP contribution in [-0.4, -0.2) is 32.7 Å². The molecule has 0 unspecified atom stereocenters. The Bertz CT molecular complexity index is 814. The van der Waals surface area contributed by atoms with Crippen LogP contribution in [0.2, 0.25) is 0 Å². The van der Waals surface area contributed by atoms with Crippen LogP contribution in [0.4, 0.5) is 5.69 Å². The normalized spacial score (nSPS) is 10.9. The first kappa shape index (κ1) is 17.7. The van der Waals surface area contributed by atoms with E-state index in [-0.39, 0.29) is 11.5 Å². The number of hydrogen-bond donors (Lipinski definition) is 1. The van der Waals surface area contributed by atoms with Gasteiger partial charge in [0.05, 0.1) is 17.1 Å². The summed E-state index contributed by atoms with van der Waals surface area (Å²) in [7, 11) is -3.69. The number of esters is 1. The maximum Gasteiger partial charge on any atom is 0.338 e. The summed E-state index contributed by atoms with van der Waals surface area (Å²) in [6.07, 6.45) is 0. The summed E-state index contributed by atoms with van der Waals surface area (Å²) in [5.41, 5.74) is 0.753. The molecule has 6 nitrogen and oxygen atoms in total. The minimum absolute atomic E-state index is 0.0952. The second-order valence-electron chi connectivity index (χ2n) is 4.92. The van der Waals surface area contributed by atoms with E-state index in [9.17, 15) is 18.0 Å². The van der Waals surface area contributed by atoms with E-state index in [0.29, 0.717) is 11.3 Å². The van der Waals surface area contributed by atoms with E-state index < -0.39 is 27.5 Å². The van der Waals surface area contributed by atoms with E-state index in [1.54, 1.807) is 25.1 Å². The molecule has 126 valence electrons. The third-order valence-electron chi connectivity index (χ3n) is 3.10. The molecule has 2 aromatic carbocycles. The fraction of sp³-hybridized carbons (Fsp3) is 0.176. The highest BCUT2D eigenvalue weighted by Gasteiger charge is 2.19. The molecule has 0 fully saturated rings. The zero-order valence-corrected chi connectivity index (χ0v) is 13.9. The topological polar surface area (TPSA) is 89.5 Å². The molecule has 0 bridgehead atoms. The first-order valence-electron chi connectivity index (χ1n) is 7.27. The number of carbonyl (C=O) groups excluding carboxylic acids is 2. The van der Waals surface area contributed by atoms with Crippen molar-refractivity contribution in [1.29, 1.82) is 0 Å². The molecule has 2 aromatic rings. The van der Waals surface area contributed by atoms with Gasteiger partial charge in [-0.05, 0) is 43.3 Å². The zero-order chi connectivity index (χ0) is 17.6. The molecule has 0 spiro atoms. The number of nitrogens with one attached hydrogen (secondary N) is 1. The Labute approximate surface area is 140 Å². The highest BCUT2D eigenvalue weighted by molar-refractivity contribution is 7.92. The number of hydrogen-bond acceptors (Lipinski definition) is 5. The minimum atomic E-state index is -3.69. The Morgan fingerprint density at radius 3 is 2.21 bits per heavy atom. The van der Waals surface area contributed by atoms with Gasteiger partial charge in [0.1, 0.15) is 5.75 Å². The van der Waals surface area contributed by atoms with Crippen molar-refractivity contribution >= 4 is 27.4 Å². The molecule has 0 radical (unpaired) electrons. The summed E-state index contributed by atoms with van der Waals surface area (Å²) in [4.78, 5) is 23.6. The van der Waals surface area contributed by atoms with Crippen molar-refractivity contribution in [1.82, 2.24) is 0 Å². The van der Waals surface area contributed by atoms with Gasteiger partial charge in [0.2, 0.25) is 5.91 Å². The van der Waals surface area contributed by atoms with Gasteiger partial charge in [0.25, 0.3) is 0 Å². The van der Waals surface area contributed by atoms with Gasteiger partial charge in [-0.1, -0.05) is 18.2 Å². The molecule has 0 aliphatic rings. The van der Waals surface area contributed by atoms with E-state index in [2.05, 4.69) is 5.32 Å². The minimum Gasteiger partial charge on any atom is -0.462 e. The van der Waals surface area contributed by atoms with Crippen molar-refractivity contribution in [3.8, 4) is 0 Å². The van der Waals surface area contributed by atoms with E-state index in [1.807, 2.05) is 0 Å². The number of benzene rings is 2. The number of sulfone groups is 1. The molecule has 2 rings (SSSR count). The van der Waals surface area contributed by atoms with Crippen molar-refractivity contribution in [2.75, 3.05) is 17.7 Å². The summed E-state index contributed by atoms with van der Waals surface area (Å²) >= 11 is 0. The van der Waals surface area contributed by atoms with E-state index >= 15 is 0 Å². The Morgan fingerprint density at radius 2 is 1.62 bits per heavy atom. The molecular formula is C17H17NO5S. The van der Waals surface area contributed by atoms with Crippen LogP contribution in [0, 0.1) is 0 Å². The van der Waals surface area contributed by atoms with Gasteiger partial charge in [-0.3, -0.25) is 4.79 Å². The molecule has 0 heterocycles. The monoisotopic (exact) mass is 347 g/mol. The predicted octanol–water partition coefficient (Wildman–Crippen LogP) is 2.28. The smallest absolute Gasteiger partial charge is 0.338 e. The first-order chi connectivity index (χ1) is 11.4. The lowest BCUT2D eigenvalue weighted by atomic mass is 10.2. The summed E-state index contributed by atoms with van der Waals surface area (Å²) in [5, 5.41) is 2.50. The summed E-state index contributed by atoms with van der Waals surface area (Å²) < 4.78 is 29.1. The number of ether oxygens (including phenoxy) is 1. The lowest BCUT2D eigenvalue weighted by Gasteiger charge is -2.07. The second-order valence-corrected chi connectivity index (χ2v) is 6.91. The predicted molar refractivity (Wildman–Crippen MR) is 89.5 cm³/mol. The molecule has 0 aliphatic carbocycles. The van der Waals surface area contributed by atoms with Crippen molar-refractivity contribution in [3.05, 3.63) is 60.2 Å². The molecule has 1 N–H and O–H groups in total. The van der Waals surface area contributed by atoms with Crippen LogP contribution in [0.15, 0.2) is 59.5 Å². The highest BCUT2D eigenvalue weighted by atomic mass is 32.2. The zero-order valence-electron chi connectivity index (χ0n) is 13.1. The van der Waals surface area contributed by atoms with Crippen molar-refractivity contribution in [2.24, 2.45) is 0 Å². The van der Waals surface area contributed by atoms with Gasteiger partial charge in [-0.2, -0.15) is 0 Å². The van der Waals surface area contributed by atoms with E-state index in [4.69, 9.17) is 4.74 Å². The van der Waals surface area contributed by atoms with Crippen molar-refractivity contribution in [2.45, 2.75) is 11.8 Å². The van der Waals surface area contributed by atoms with Gasteiger partial charge in [-0.15, -0.1) is 0 Å². The molecule has 7 heteroatoms. The fourth-order valence-corrected chi connectivity index (χ4v) is 3.14. The Morgan fingerprint density at radius 1 is 1.00 bits per heavy atom. The van der Waals surface area contributed by atoms with Gasteiger partial charge in [-0.25, -0.2) is 13.2 Å². The van der Waals surface area contributed by atoms with E-state index in [1.165, 1.54) is 36.4 Å². The molecule has 24 heavy (non-hydrogen) atoms. The van der Waals surface area contributed by atoms with Gasteiger partial charge in [0, 0.05) is 5.69 Å². The maximum atomic E-state index is 12.1.